The lowest BCUT2D eigenvalue weighted by molar-refractivity contribution is -0.654. The van der Waals surface area contributed by atoms with Gasteiger partial charge in [-0.15, -0.1) is 0 Å². The largest absolute Gasteiger partial charge is 0.345 e. The van der Waals surface area contributed by atoms with Crippen molar-refractivity contribution in [3.8, 4) is 0 Å². The zero-order valence-corrected chi connectivity index (χ0v) is 15.2. The molecule has 0 bridgehead atoms. The van der Waals surface area contributed by atoms with Crippen molar-refractivity contribution in [3.05, 3.63) is 0 Å². The molecule has 0 aromatic rings. The number of rotatable bonds is 18. The number of hydrogen-bond acceptors (Lipinski definition) is 3. The summed E-state index contributed by atoms with van der Waals surface area (Å²) in [6.45, 7) is 10.2. The van der Waals surface area contributed by atoms with E-state index in [0.717, 1.165) is 13.1 Å². The molecule has 0 amide bonds. The lowest BCUT2D eigenvalue weighted by Crippen LogP contribution is -2.85. The van der Waals surface area contributed by atoms with Crippen molar-refractivity contribution in [2.45, 2.75) is 71.1 Å². The highest BCUT2D eigenvalue weighted by Gasteiger charge is 2.03. The number of nitrogens with two attached hydrogens (primary N) is 3. The van der Waals surface area contributed by atoms with Crippen molar-refractivity contribution in [2.24, 2.45) is 11.5 Å². The highest BCUT2D eigenvalue weighted by molar-refractivity contribution is 4.55. The normalized spacial score (nSPS) is 11.5. The first-order valence-electron chi connectivity index (χ1n) is 9.79. The molecule has 0 aromatic heterocycles. The van der Waals surface area contributed by atoms with Crippen molar-refractivity contribution in [1.82, 2.24) is 4.90 Å². The molecule has 6 N–H and O–H groups in total. The minimum atomic E-state index is 0.851. The van der Waals surface area contributed by atoms with E-state index in [0.29, 0.717) is 0 Å². The Bertz CT molecular complexity index is 200. The summed E-state index contributed by atoms with van der Waals surface area (Å²) < 4.78 is 0. The van der Waals surface area contributed by atoms with Crippen LogP contribution in [0.15, 0.2) is 0 Å². The van der Waals surface area contributed by atoms with Gasteiger partial charge in [0.05, 0.1) is 13.1 Å². The number of likely N-dealkylation sites (N-methyl/N-ethyl adjacent to an activating group) is 1. The van der Waals surface area contributed by atoms with Gasteiger partial charge in [0.15, 0.2) is 0 Å². The Morgan fingerprint density at radius 3 is 1.77 bits per heavy atom. The maximum Gasteiger partial charge on any atom is 0.0884 e. The Balaban J connectivity index is 3.28. The van der Waals surface area contributed by atoms with Crippen LogP contribution in [0, 0.1) is 0 Å². The quantitative estimate of drug-likeness (QED) is 0.337. The van der Waals surface area contributed by atoms with Gasteiger partial charge in [-0.3, -0.25) is 4.90 Å². The van der Waals surface area contributed by atoms with E-state index in [9.17, 15) is 0 Å². The predicted octanol–water partition coefficient (Wildman–Crippen LogP) is 1.69. The van der Waals surface area contributed by atoms with Crippen molar-refractivity contribution in [3.63, 3.8) is 0 Å². The molecule has 0 aliphatic rings. The molecule has 0 aliphatic carbocycles. The molecule has 0 fully saturated rings. The molecule has 0 spiro atoms. The lowest BCUT2D eigenvalue weighted by Gasteiger charge is -2.19. The Labute approximate surface area is 139 Å². The Hall–Kier alpha value is -0.160. The van der Waals surface area contributed by atoms with Gasteiger partial charge in [-0.2, -0.15) is 0 Å². The number of nitrogens with zero attached hydrogens (tertiary/aromatic N) is 1. The average molecular weight is 316 g/mol. The van der Waals surface area contributed by atoms with Gasteiger partial charge in [0.2, 0.25) is 0 Å². The molecule has 0 saturated heterocycles. The molecule has 0 radical (unpaired) electrons. The van der Waals surface area contributed by atoms with Crippen LogP contribution in [0.1, 0.15) is 71.1 Å². The van der Waals surface area contributed by atoms with Crippen molar-refractivity contribution >= 4 is 0 Å². The van der Waals surface area contributed by atoms with Crippen LogP contribution >= 0.6 is 0 Å². The maximum absolute atomic E-state index is 5.52. The molecule has 0 unspecified atom stereocenters. The maximum atomic E-state index is 5.52. The number of hydrogen-bond donors (Lipinski definition) is 3. The van der Waals surface area contributed by atoms with Crippen LogP contribution in [0.2, 0.25) is 0 Å². The van der Waals surface area contributed by atoms with Crippen molar-refractivity contribution in [2.75, 3.05) is 45.8 Å². The SMILES string of the molecule is CCN(CCCCCCCN)CC[NH2+]CCCCCCCN. The number of unbranched alkanes of at least 4 members (excludes halogenated alkanes) is 8. The lowest BCUT2D eigenvalue weighted by atomic mass is 10.1. The van der Waals surface area contributed by atoms with E-state index in [1.807, 2.05) is 0 Å². The Kier molecular flexibility index (Phi) is 18.8. The van der Waals surface area contributed by atoms with E-state index in [1.54, 1.807) is 0 Å². The second-order valence-electron chi connectivity index (χ2n) is 6.41. The molecule has 22 heavy (non-hydrogen) atoms. The summed E-state index contributed by atoms with van der Waals surface area (Å²) in [6, 6.07) is 0. The van der Waals surface area contributed by atoms with E-state index in [-0.39, 0.29) is 0 Å². The summed E-state index contributed by atoms with van der Waals surface area (Å²) in [5.74, 6) is 0. The minimum absolute atomic E-state index is 0.851. The zero-order chi connectivity index (χ0) is 16.3. The first kappa shape index (κ1) is 21.8. The summed E-state index contributed by atoms with van der Waals surface area (Å²) in [5.41, 5.74) is 11.0. The van der Waals surface area contributed by atoms with Gasteiger partial charge in [-0.1, -0.05) is 39.0 Å². The van der Waals surface area contributed by atoms with Gasteiger partial charge in [0.25, 0.3) is 0 Å². The standard InChI is InChI=1S/C18H42N4/c1-2-22(17-12-8-4-6-10-14-20)18-16-21-15-11-7-3-5-9-13-19/h21H,2-20H2,1H3/p+1. The second-order valence-corrected chi connectivity index (χ2v) is 6.41. The summed E-state index contributed by atoms with van der Waals surface area (Å²) in [7, 11) is 0. The van der Waals surface area contributed by atoms with Crippen LogP contribution < -0.4 is 16.8 Å². The zero-order valence-electron chi connectivity index (χ0n) is 15.2. The van der Waals surface area contributed by atoms with Crippen LogP contribution in [-0.2, 0) is 0 Å². The predicted molar refractivity (Wildman–Crippen MR) is 98.1 cm³/mol. The smallest absolute Gasteiger partial charge is 0.0884 e. The number of quaternary nitrogens is 1. The molecule has 0 saturated carbocycles. The fraction of sp³-hybridized carbons (Fsp3) is 1.00. The van der Waals surface area contributed by atoms with E-state index >= 15 is 0 Å². The highest BCUT2D eigenvalue weighted by atomic mass is 15.1. The highest BCUT2D eigenvalue weighted by Crippen LogP contribution is 2.03. The van der Waals surface area contributed by atoms with Crippen LogP contribution in [0.5, 0.6) is 0 Å². The van der Waals surface area contributed by atoms with E-state index < -0.39 is 0 Å². The molecule has 4 heteroatoms. The third kappa shape index (κ3) is 16.2. The summed E-state index contributed by atoms with van der Waals surface area (Å²) in [4.78, 5) is 2.60. The molecular formula is C18H43N4+. The summed E-state index contributed by atoms with van der Waals surface area (Å²) >= 11 is 0. The topological polar surface area (TPSA) is 71.9 Å². The molecule has 0 heterocycles. The molecule has 0 atom stereocenters. The van der Waals surface area contributed by atoms with Crippen molar-refractivity contribution in [1.29, 1.82) is 0 Å². The molecule has 0 rings (SSSR count). The Morgan fingerprint density at radius 2 is 1.18 bits per heavy atom. The molecule has 0 aliphatic heterocycles. The van der Waals surface area contributed by atoms with E-state index in [2.05, 4.69) is 17.1 Å². The van der Waals surface area contributed by atoms with Crippen LogP contribution in [0.3, 0.4) is 0 Å². The monoisotopic (exact) mass is 315 g/mol. The van der Waals surface area contributed by atoms with Gasteiger partial charge in [-0.05, 0) is 58.3 Å². The molecule has 134 valence electrons. The van der Waals surface area contributed by atoms with E-state index in [1.165, 1.54) is 96.9 Å². The summed E-state index contributed by atoms with van der Waals surface area (Å²) in [5, 5.41) is 2.49. The first-order chi connectivity index (χ1) is 10.8. The minimum Gasteiger partial charge on any atom is -0.345 e. The third-order valence-electron chi connectivity index (χ3n) is 4.39. The van der Waals surface area contributed by atoms with Gasteiger partial charge >= 0.3 is 0 Å². The molecule has 4 nitrogen and oxygen atoms in total. The van der Waals surface area contributed by atoms with Gasteiger partial charge in [0, 0.05) is 6.54 Å². The Morgan fingerprint density at radius 1 is 0.636 bits per heavy atom. The van der Waals surface area contributed by atoms with Gasteiger partial charge in [-0.25, -0.2) is 0 Å². The van der Waals surface area contributed by atoms with Crippen LogP contribution in [-0.4, -0.2) is 50.7 Å². The average Bonchev–Trinajstić information content (AvgIpc) is 2.54. The fourth-order valence-corrected chi connectivity index (χ4v) is 2.82. The van der Waals surface area contributed by atoms with Crippen LogP contribution in [0.4, 0.5) is 0 Å². The summed E-state index contributed by atoms with van der Waals surface area (Å²) in [6.07, 6.45) is 13.2. The molecular weight excluding hydrogens is 272 g/mol. The van der Waals surface area contributed by atoms with Crippen LogP contribution in [0.25, 0.3) is 0 Å². The van der Waals surface area contributed by atoms with Gasteiger partial charge < -0.3 is 16.8 Å². The molecule has 0 aromatic carbocycles. The fourth-order valence-electron chi connectivity index (χ4n) is 2.82. The van der Waals surface area contributed by atoms with E-state index in [4.69, 9.17) is 11.5 Å². The second kappa shape index (κ2) is 18.9. The first-order valence-corrected chi connectivity index (χ1v) is 9.79. The van der Waals surface area contributed by atoms with Gasteiger partial charge in [0.1, 0.15) is 0 Å². The third-order valence-corrected chi connectivity index (χ3v) is 4.39. The van der Waals surface area contributed by atoms with Crippen molar-refractivity contribution < 1.29 is 5.32 Å².